The van der Waals surface area contributed by atoms with Crippen molar-refractivity contribution in [2.24, 2.45) is 5.92 Å². The van der Waals surface area contributed by atoms with Crippen LogP contribution in [0.25, 0.3) is 0 Å². The standard InChI is InChI=1S/C10H16/c1-8(2)10-6-4-9(3)5-7-10/h4,10H,1,5-7H2,2-3H3/i3D. The maximum absolute atomic E-state index is 7.18. The molecule has 0 aromatic rings. The van der Waals surface area contributed by atoms with E-state index in [1.165, 1.54) is 17.6 Å². The van der Waals surface area contributed by atoms with Crippen LogP contribution in [-0.2, 0) is 0 Å². The highest BCUT2D eigenvalue weighted by Crippen LogP contribution is 2.27. The number of allylic oxidation sites excluding steroid dienone is 3. The number of hydrogen-bond donors (Lipinski definition) is 0. The molecule has 0 N–H and O–H groups in total. The quantitative estimate of drug-likeness (QED) is 0.486. The average molecular weight is 137 g/mol. The van der Waals surface area contributed by atoms with Crippen LogP contribution in [-0.4, -0.2) is 0 Å². The molecule has 1 rings (SSSR count). The second-order valence-electron chi connectivity index (χ2n) is 3.18. The minimum absolute atomic E-state index is 0.489. The first-order valence-electron chi connectivity index (χ1n) is 4.57. The highest BCUT2D eigenvalue weighted by Gasteiger charge is 2.11. The molecule has 0 aromatic heterocycles. The lowest BCUT2D eigenvalue weighted by Gasteiger charge is -2.19. The summed E-state index contributed by atoms with van der Waals surface area (Å²) in [6.07, 6.45) is 5.65. The maximum atomic E-state index is 7.18. The molecule has 0 bridgehead atoms. The van der Waals surface area contributed by atoms with E-state index in [1.54, 1.807) is 0 Å². The molecule has 1 unspecified atom stereocenters. The summed E-state index contributed by atoms with van der Waals surface area (Å²) in [5.41, 5.74) is 2.60. The second kappa shape index (κ2) is 3.05. The van der Waals surface area contributed by atoms with E-state index < -0.39 is 0 Å². The van der Waals surface area contributed by atoms with Gasteiger partial charge in [0.05, 0.1) is 0 Å². The molecular formula is C10H16. The molecule has 0 heteroatoms. The minimum Gasteiger partial charge on any atom is -0.0998 e. The molecule has 0 radical (unpaired) electrons. The Labute approximate surface area is 65.0 Å². The summed E-state index contributed by atoms with van der Waals surface area (Å²) in [5.74, 6) is 0.685. The van der Waals surface area contributed by atoms with Crippen LogP contribution in [0.4, 0.5) is 0 Å². The fourth-order valence-corrected chi connectivity index (χ4v) is 1.34. The predicted octanol–water partition coefficient (Wildman–Crippen LogP) is 3.31. The van der Waals surface area contributed by atoms with Crippen molar-refractivity contribution in [3.05, 3.63) is 23.8 Å². The van der Waals surface area contributed by atoms with Crippen LogP contribution in [0.2, 0.25) is 0 Å². The van der Waals surface area contributed by atoms with Gasteiger partial charge in [0.1, 0.15) is 0 Å². The largest absolute Gasteiger partial charge is 0.0998 e. The van der Waals surface area contributed by atoms with Crippen molar-refractivity contribution in [1.82, 2.24) is 0 Å². The molecule has 10 heavy (non-hydrogen) atoms. The molecule has 0 nitrogen and oxygen atoms in total. The maximum Gasteiger partial charge on any atom is 0.0276 e. The van der Waals surface area contributed by atoms with Gasteiger partial charge in [-0.2, -0.15) is 0 Å². The summed E-state index contributed by atoms with van der Waals surface area (Å²) >= 11 is 0. The van der Waals surface area contributed by atoms with Gasteiger partial charge < -0.3 is 0 Å². The topological polar surface area (TPSA) is 0 Å². The Bertz CT molecular complexity index is 179. The third-order valence-corrected chi connectivity index (χ3v) is 2.20. The average Bonchev–Trinajstić information content (AvgIpc) is 2.05. The van der Waals surface area contributed by atoms with Crippen LogP contribution in [0.3, 0.4) is 0 Å². The summed E-state index contributed by atoms with van der Waals surface area (Å²) < 4.78 is 7.18. The molecule has 56 valence electrons. The fraction of sp³-hybridized carbons (Fsp3) is 0.600. The van der Waals surface area contributed by atoms with Gasteiger partial charge in [0, 0.05) is 1.37 Å². The molecule has 1 atom stereocenters. The molecule has 0 heterocycles. The van der Waals surface area contributed by atoms with Crippen molar-refractivity contribution in [2.45, 2.75) is 33.1 Å². The summed E-state index contributed by atoms with van der Waals surface area (Å²) in [4.78, 5) is 0. The summed E-state index contributed by atoms with van der Waals surface area (Å²) in [6, 6.07) is 0. The third-order valence-electron chi connectivity index (χ3n) is 2.20. The van der Waals surface area contributed by atoms with Gasteiger partial charge in [-0.1, -0.05) is 23.8 Å². The van der Waals surface area contributed by atoms with E-state index in [2.05, 4.69) is 19.6 Å². The summed E-state index contributed by atoms with van der Waals surface area (Å²) in [5, 5.41) is 0. The Morgan fingerprint density at radius 3 is 3.10 bits per heavy atom. The van der Waals surface area contributed by atoms with E-state index in [4.69, 9.17) is 1.37 Å². The molecule has 0 saturated heterocycles. The highest BCUT2D eigenvalue weighted by molar-refractivity contribution is 5.09. The van der Waals surface area contributed by atoms with Crippen LogP contribution in [0.15, 0.2) is 23.8 Å². The Kier molecular flexibility index (Phi) is 1.89. The highest BCUT2D eigenvalue weighted by atomic mass is 14.2. The van der Waals surface area contributed by atoms with Crippen molar-refractivity contribution >= 4 is 0 Å². The molecule has 1 aliphatic carbocycles. The lowest BCUT2D eigenvalue weighted by atomic mass is 9.86. The minimum atomic E-state index is 0.489. The molecule has 0 aliphatic heterocycles. The molecule has 0 saturated carbocycles. The van der Waals surface area contributed by atoms with E-state index in [1.807, 2.05) is 0 Å². The molecular weight excluding hydrogens is 120 g/mol. The molecule has 0 amide bonds. The Hall–Kier alpha value is -0.520. The van der Waals surface area contributed by atoms with Gasteiger partial charge in [-0.3, -0.25) is 0 Å². The van der Waals surface area contributed by atoms with Crippen molar-refractivity contribution < 1.29 is 1.37 Å². The van der Waals surface area contributed by atoms with E-state index in [0.29, 0.717) is 12.8 Å². The van der Waals surface area contributed by atoms with Gasteiger partial charge in [-0.15, -0.1) is 0 Å². The summed E-state index contributed by atoms with van der Waals surface area (Å²) in [7, 11) is 0. The van der Waals surface area contributed by atoms with Gasteiger partial charge in [0.2, 0.25) is 0 Å². The summed E-state index contributed by atoms with van der Waals surface area (Å²) in [6.45, 7) is 6.54. The smallest absolute Gasteiger partial charge is 0.0276 e. The SMILES string of the molecule is [2H]CC1=CCC(C(=C)C)CC1. The van der Waals surface area contributed by atoms with E-state index in [-0.39, 0.29) is 0 Å². The third kappa shape index (κ3) is 1.73. The number of rotatable bonds is 1. The molecule has 0 spiro atoms. The van der Waals surface area contributed by atoms with Crippen LogP contribution in [0.5, 0.6) is 0 Å². The zero-order valence-electron chi connectivity index (χ0n) is 7.69. The molecule has 0 fully saturated rings. The molecule has 0 aromatic carbocycles. The van der Waals surface area contributed by atoms with E-state index in [0.717, 1.165) is 12.8 Å². The predicted molar refractivity (Wildman–Crippen MR) is 45.9 cm³/mol. The lowest BCUT2D eigenvalue weighted by Crippen LogP contribution is -2.04. The van der Waals surface area contributed by atoms with Crippen LogP contribution in [0.1, 0.15) is 34.5 Å². The van der Waals surface area contributed by atoms with Gasteiger partial charge in [-0.25, -0.2) is 0 Å². The molecule has 1 aliphatic rings. The first-order chi connectivity index (χ1) is 5.24. The van der Waals surface area contributed by atoms with Crippen molar-refractivity contribution in [3.63, 3.8) is 0 Å². The Balaban J connectivity index is 2.47. The zero-order chi connectivity index (χ0) is 8.27. The lowest BCUT2D eigenvalue weighted by molar-refractivity contribution is 0.540. The van der Waals surface area contributed by atoms with E-state index >= 15 is 0 Å². The van der Waals surface area contributed by atoms with Crippen molar-refractivity contribution in [3.8, 4) is 0 Å². The fourth-order valence-electron chi connectivity index (χ4n) is 1.34. The van der Waals surface area contributed by atoms with Gasteiger partial charge in [-0.05, 0) is 39.0 Å². The van der Waals surface area contributed by atoms with Crippen LogP contribution < -0.4 is 0 Å². The second-order valence-corrected chi connectivity index (χ2v) is 3.18. The van der Waals surface area contributed by atoms with E-state index in [9.17, 15) is 0 Å². The van der Waals surface area contributed by atoms with Crippen LogP contribution in [0, 0.1) is 5.92 Å². The first-order valence-corrected chi connectivity index (χ1v) is 3.86. The monoisotopic (exact) mass is 137 g/mol. The zero-order valence-corrected chi connectivity index (χ0v) is 6.69. The number of hydrogen-bond acceptors (Lipinski definition) is 0. The van der Waals surface area contributed by atoms with Crippen LogP contribution >= 0.6 is 0 Å². The van der Waals surface area contributed by atoms with Gasteiger partial charge in [0.15, 0.2) is 0 Å². The Morgan fingerprint density at radius 2 is 2.70 bits per heavy atom. The van der Waals surface area contributed by atoms with Gasteiger partial charge in [0.25, 0.3) is 0 Å². The van der Waals surface area contributed by atoms with Crippen molar-refractivity contribution in [2.75, 3.05) is 0 Å². The Morgan fingerprint density at radius 1 is 1.90 bits per heavy atom. The van der Waals surface area contributed by atoms with Gasteiger partial charge >= 0.3 is 0 Å². The first kappa shape index (κ1) is 6.21. The normalized spacial score (nSPS) is 27.1. The van der Waals surface area contributed by atoms with Crippen molar-refractivity contribution in [1.29, 1.82) is 0 Å².